The van der Waals surface area contributed by atoms with E-state index in [4.69, 9.17) is 4.74 Å². The predicted octanol–water partition coefficient (Wildman–Crippen LogP) is -0.253. The SMILES string of the molecule is CC(C)CNC(=O)CNC1COC1. The number of carbonyl (C=O) groups is 1. The molecule has 76 valence electrons. The highest BCUT2D eigenvalue weighted by molar-refractivity contribution is 5.78. The Balaban J connectivity index is 1.97. The summed E-state index contributed by atoms with van der Waals surface area (Å²) in [4.78, 5) is 11.2. The van der Waals surface area contributed by atoms with Crippen LogP contribution >= 0.6 is 0 Å². The van der Waals surface area contributed by atoms with E-state index in [9.17, 15) is 4.79 Å². The molecule has 13 heavy (non-hydrogen) atoms. The first-order valence-electron chi connectivity index (χ1n) is 4.76. The molecule has 0 radical (unpaired) electrons. The minimum Gasteiger partial charge on any atom is -0.378 e. The molecule has 2 N–H and O–H groups in total. The van der Waals surface area contributed by atoms with Crippen LogP contribution in [-0.2, 0) is 9.53 Å². The van der Waals surface area contributed by atoms with Crippen LogP contribution < -0.4 is 10.6 Å². The van der Waals surface area contributed by atoms with E-state index in [0.717, 1.165) is 19.8 Å². The zero-order valence-electron chi connectivity index (χ0n) is 8.30. The van der Waals surface area contributed by atoms with Gasteiger partial charge in [-0.2, -0.15) is 0 Å². The highest BCUT2D eigenvalue weighted by atomic mass is 16.5. The molecule has 4 heteroatoms. The van der Waals surface area contributed by atoms with Gasteiger partial charge in [-0.15, -0.1) is 0 Å². The molecule has 1 heterocycles. The molecule has 0 atom stereocenters. The summed E-state index contributed by atoms with van der Waals surface area (Å²) >= 11 is 0. The Hall–Kier alpha value is -0.610. The second-order valence-corrected chi connectivity index (χ2v) is 3.81. The van der Waals surface area contributed by atoms with Crippen LogP contribution in [0.2, 0.25) is 0 Å². The van der Waals surface area contributed by atoms with E-state index in [1.165, 1.54) is 0 Å². The highest BCUT2D eigenvalue weighted by Crippen LogP contribution is 1.98. The molecule has 0 unspecified atom stereocenters. The minimum absolute atomic E-state index is 0.0700. The summed E-state index contributed by atoms with van der Waals surface area (Å²) in [6.45, 7) is 6.78. The Bertz CT molecular complexity index is 167. The van der Waals surface area contributed by atoms with Gasteiger partial charge >= 0.3 is 0 Å². The Kier molecular flexibility index (Phi) is 4.18. The summed E-state index contributed by atoms with van der Waals surface area (Å²) in [5.41, 5.74) is 0. The molecule has 1 rings (SSSR count). The quantitative estimate of drug-likeness (QED) is 0.622. The minimum atomic E-state index is 0.0700. The van der Waals surface area contributed by atoms with Crippen molar-refractivity contribution in [1.29, 1.82) is 0 Å². The summed E-state index contributed by atoms with van der Waals surface area (Å²) in [5, 5.41) is 5.95. The van der Waals surface area contributed by atoms with E-state index < -0.39 is 0 Å². The van der Waals surface area contributed by atoms with E-state index in [1.54, 1.807) is 0 Å². The number of ether oxygens (including phenoxy) is 1. The van der Waals surface area contributed by atoms with Crippen molar-refractivity contribution in [3.8, 4) is 0 Å². The Morgan fingerprint density at radius 3 is 2.69 bits per heavy atom. The van der Waals surface area contributed by atoms with Gasteiger partial charge in [0.1, 0.15) is 0 Å². The molecule has 0 aromatic rings. The van der Waals surface area contributed by atoms with Gasteiger partial charge in [0.15, 0.2) is 0 Å². The van der Waals surface area contributed by atoms with E-state index in [-0.39, 0.29) is 5.91 Å². The first-order chi connectivity index (χ1) is 6.18. The van der Waals surface area contributed by atoms with Crippen molar-refractivity contribution in [2.24, 2.45) is 5.92 Å². The lowest BCUT2D eigenvalue weighted by Gasteiger charge is -2.26. The first kappa shape index (κ1) is 10.5. The van der Waals surface area contributed by atoms with Crippen molar-refractivity contribution in [2.45, 2.75) is 19.9 Å². The normalized spacial score (nSPS) is 17.2. The molecule has 0 saturated carbocycles. The lowest BCUT2D eigenvalue weighted by atomic mass is 10.2. The fourth-order valence-corrected chi connectivity index (χ4v) is 0.971. The molecule has 1 fully saturated rings. The monoisotopic (exact) mass is 186 g/mol. The number of nitrogens with one attached hydrogen (secondary N) is 2. The second-order valence-electron chi connectivity index (χ2n) is 3.81. The van der Waals surface area contributed by atoms with Crippen molar-refractivity contribution >= 4 is 5.91 Å². The Labute approximate surface area is 79.0 Å². The molecule has 1 aliphatic rings. The van der Waals surface area contributed by atoms with E-state index in [1.807, 2.05) is 0 Å². The smallest absolute Gasteiger partial charge is 0.233 e. The zero-order valence-corrected chi connectivity index (χ0v) is 8.30. The van der Waals surface area contributed by atoms with Crippen molar-refractivity contribution in [3.05, 3.63) is 0 Å². The molecule has 1 aliphatic heterocycles. The molecule has 0 bridgehead atoms. The first-order valence-corrected chi connectivity index (χ1v) is 4.76. The molecule has 0 aromatic heterocycles. The van der Waals surface area contributed by atoms with Gasteiger partial charge in [0.2, 0.25) is 5.91 Å². The van der Waals surface area contributed by atoms with Crippen LogP contribution in [0.4, 0.5) is 0 Å². The fraction of sp³-hybridized carbons (Fsp3) is 0.889. The number of hydrogen-bond acceptors (Lipinski definition) is 3. The lowest BCUT2D eigenvalue weighted by Crippen LogP contribution is -2.49. The van der Waals surface area contributed by atoms with Gasteiger partial charge in [0.05, 0.1) is 25.8 Å². The molecule has 1 saturated heterocycles. The Morgan fingerprint density at radius 2 is 2.23 bits per heavy atom. The van der Waals surface area contributed by atoms with Gasteiger partial charge in [-0.25, -0.2) is 0 Å². The summed E-state index contributed by atoms with van der Waals surface area (Å²) in [6, 6.07) is 0.379. The van der Waals surface area contributed by atoms with E-state index in [0.29, 0.717) is 18.5 Å². The molecular formula is C9H18N2O2. The fourth-order valence-electron chi connectivity index (χ4n) is 0.971. The Morgan fingerprint density at radius 1 is 1.54 bits per heavy atom. The van der Waals surface area contributed by atoms with Gasteiger partial charge in [0.25, 0.3) is 0 Å². The molecule has 0 aromatic carbocycles. The number of amides is 1. The maximum atomic E-state index is 11.2. The van der Waals surface area contributed by atoms with Gasteiger partial charge in [-0.3, -0.25) is 4.79 Å². The van der Waals surface area contributed by atoms with Crippen LogP contribution in [-0.4, -0.2) is 38.3 Å². The van der Waals surface area contributed by atoms with E-state index in [2.05, 4.69) is 24.5 Å². The van der Waals surface area contributed by atoms with Gasteiger partial charge in [0, 0.05) is 6.54 Å². The van der Waals surface area contributed by atoms with Gasteiger partial charge in [-0.1, -0.05) is 13.8 Å². The van der Waals surface area contributed by atoms with Crippen molar-refractivity contribution in [1.82, 2.24) is 10.6 Å². The standard InChI is InChI=1S/C9H18N2O2/c1-7(2)3-11-9(12)4-10-8-5-13-6-8/h7-8,10H,3-6H2,1-2H3,(H,11,12). The van der Waals surface area contributed by atoms with Crippen LogP contribution in [0.15, 0.2) is 0 Å². The van der Waals surface area contributed by atoms with E-state index >= 15 is 0 Å². The van der Waals surface area contributed by atoms with Crippen molar-refractivity contribution in [3.63, 3.8) is 0 Å². The molecule has 0 spiro atoms. The van der Waals surface area contributed by atoms with Crippen LogP contribution in [0.5, 0.6) is 0 Å². The largest absolute Gasteiger partial charge is 0.378 e. The third kappa shape index (κ3) is 4.24. The number of carbonyl (C=O) groups excluding carboxylic acids is 1. The molecular weight excluding hydrogens is 168 g/mol. The summed E-state index contributed by atoms with van der Waals surface area (Å²) in [6.07, 6.45) is 0. The number of hydrogen-bond donors (Lipinski definition) is 2. The topological polar surface area (TPSA) is 50.4 Å². The predicted molar refractivity (Wildman–Crippen MR) is 50.5 cm³/mol. The van der Waals surface area contributed by atoms with Crippen LogP contribution in [0, 0.1) is 5.92 Å². The summed E-state index contributed by atoms with van der Waals surface area (Å²) < 4.78 is 4.97. The van der Waals surface area contributed by atoms with Crippen LogP contribution in [0.25, 0.3) is 0 Å². The zero-order chi connectivity index (χ0) is 9.68. The van der Waals surface area contributed by atoms with Gasteiger partial charge in [-0.05, 0) is 5.92 Å². The molecule has 4 nitrogen and oxygen atoms in total. The maximum absolute atomic E-state index is 11.2. The lowest BCUT2D eigenvalue weighted by molar-refractivity contribution is -0.121. The van der Waals surface area contributed by atoms with Crippen molar-refractivity contribution in [2.75, 3.05) is 26.3 Å². The average molecular weight is 186 g/mol. The van der Waals surface area contributed by atoms with Crippen LogP contribution in [0.3, 0.4) is 0 Å². The highest BCUT2D eigenvalue weighted by Gasteiger charge is 2.17. The maximum Gasteiger partial charge on any atom is 0.233 e. The third-order valence-electron chi connectivity index (χ3n) is 1.90. The van der Waals surface area contributed by atoms with Gasteiger partial charge < -0.3 is 15.4 Å². The third-order valence-corrected chi connectivity index (χ3v) is 1.90. The second kappa shape index (κ2) is 5.19. The average Bonchev–Trinajstić information content (AvgIpc) is 1.98. The number of rotatable bonds is 5. The summed E-state index contributed by atoms with van der Waals surface area (Å²) in [7, 11) is 0. The van der Waals surface area contributed by atoms with Crippen molar-refractivity contribution < 1.29 is 9.53 Å². The van der Waals surface area contributed by atoms with Crippen LogP contribution in [0.1, 0.15) is 13.8 Å². The summed E-state index contributed by atoms with van der Waals surface area (Å²) in [5.74, 6) is 0.580. The molecule has 1 amide bonds. The molecule has 0 aliphatic carbocycles.